The lowest BCUT2D eigenvalue weighted by Gasteiger charge is -2.20. The first-order chi connectivity index (χ1) is 14.7. The van der Waals surface area contributed by atoms with Crippen LogP contribution in [0.3, 0.4) is 0 Å². The van der Waals surface area contributed by atoms with Crippen molar-refractivity contribution in [1.82, 2.24) is 16.2 Å². The van der Waals surface area contributed by atoms with E-state index < -0.39 is 6.09 Å². The van der Waals surface area contributed by atoms with E-state index >= 15 is 0 Å². The van der Waals surface area contributed by atoms with Crippen molar-refractivity contribution < 1.29 is 9.53 Å². The highest BCUT2D eigenvalue weighted by Crippen LogP contribution is 2.21. The Morgan fingerprint density at radius 1 is 1.23 bits per heavy atom. The van der Waals surface area contributed by atoms with Crippen LogP contribution in [0.5, 0.6) is 0 Å². The van der Waals surface area contributed by atoms with Crippen molar-refractivity contribution in [2.75, 3.05) is 7.05 Å². The summed E-state index contributed by atoms with van der Waals surface area (Å²) in [7, 11) is 1.76. The number of carbonyl (C=O) groups excluding carboxylic acids is 1. The third kappa shape index (κ3) is 9.57. The summed E-state index contributed by atoms with van der Waals surface area (Å²) < 4.78 is 5.59. The number of benzene rings is 1. The number of hydrogen-bond donors (Lipinski definition) is 4. The van der Waals surface area contributed by atoms with Gasteiger partial charge in [-0.2, -0.15) is 0 Å². The maximum absolute atomic E-state index is 12.5. The highest BCUT2D eigenvalue weighted by molar-refractivity contribution is 5.70. The molecular weight excluding hydrogens is 388 g/mol. The molecule has 5 N–H and O–H groups in total. The molecule has 6 nitrogen and oxygen atoms in total. The predicted molar refractivity (Wildman–Crippen MR) is 131 cm³/mol. The maximum atomic E-state index is 12.5. The van der Waals surface area contributed by atoms with Crippen molar-refractivity contribution in [2.45, 2.75) is 61.0 Å². The molecule has 1 unspecified atom stereocenters. The van der Waals surface area contributed by atoms with Gasteiger partial charge < -0.3 is 15.9 Å². The lowest BCUT2D eigenvalue weighted by molar-refractivity contribution is 0.109. The number of nitrogens with one attached hydrogen (secondary N) is 3. The molecule has 1 aromatic carbocycles. The number of alkyl carbamates (subject to hydrolysis) is 1. The van der Waals surface area contributed by atoms with Crippen molar-refractivity contribution in [3.05, 3.63) is 82.4 Å². The number of carbonyl (C=O) groups is 1. The fourth-order valence-corrected chi connectivity index (χ4v) is 2.72. The van der Waals surface area contributed by atoms with Crippen LogP contribution >= 0.6 is 0 Å². The summed E-state index contributed by atoms with van der Waals surface area (Å²) in [5, 5.41) is 2.87. The molecule has 0 aliphatic rings. The first kappa shape index (κ1) is 28.0. The number of aryl methyl sites for hydroxylation is 1. The Morgan fingerprint density at radius 3 is 2.35 bits per heavy atom. The Morgan fingerprint density at radius 2 is 1.84 bits per heavy atom. The van der Waals surface area contributed by atoms with E-state index in [1.807, 2.05) is 78.8 Å². The lowest BCUT2D eigenvalue weighted by Crippen LogP contribution is -2.33. The SMILES string of the molecule is C=C(C)\C(N)=C/C=C(C)/C(NNC)=C(/CC)NC(=O)OC(C)c1ccccc1C.CC. The number of hydrogen-bond acceptors (Lipinski definition) is 5. The second-order valence-corrected chi connectivity index (χ2v) is 6.86. The van der Waals surface area contributed by atoms with E-state index in [2.05, 4.69) is 22.7 Å². The second-order valence-electron chi connectivity index (χ2n) is 6.86. The summed E-state index contributed by atoms with van der Waals surface area (Å²) in [6, 6.07) is 7.86. The van der Waals surface area contributed by atoms with E-state index in [4.69, 9.17) is 10.5 Å². The number of allylic oxidation sites excluding steroid dienone is 5. The standard InChI is InChI=1S/C23H34N4O2.C2H6/c1-8-21(22(27-25-7)17(5)13-14-20(24)15(2)3)26-23(28)29-18(6)19-12-10-9-11-16(19)4;1-2/h9-14,18,25,27H,2,8,24H2,1,3-7H3,(H,26,28);1-2H3/b17-13+,20-14+,22-21+;. The van der Waals surface area contributed by atoms with Crippen LogP contribution in [0, 0.1) is 6.92 Å². The van der Waals surface area contributed by atoms with Gasteiger partial charge in [0.15, 0.2) is 0 Å². The highest BCUT2D eigenvalue weighted by Gasteiger charge is 2.16. The van der Waals surface area contributed by atoms with Gasteiger partial charge in [0.1, 0.15) is 6.10 Å². The van der Waals surface area contributed by atoms with Crippen molar-refractivity contribution in [3.8, 4) is 0 Å². The first-order valence-electron chi connectivity index (χ1n) is 10.7. The summed E-state index contributed by atoms with van der Waals surface area (Å²) in [5.41, 5.74) is 17.7. The minimum atomic E-state index is -0.502. The summed E-state index contributed by atoms with van der Waals surface area (Å²) >= 11 is 0. The van der Waals surface area contributed by atoms with Gasteiger partial charge in [-0.3, -0.25) is 5.32 Å². The molecular formula is C25H40N4O2. The molecule has 0 heterocycles. The van der Waals surface area contributed by atoms with Crippen LogP contribution < -0.4 is 21.9 Å². The fraction of sp³-hybridized carbons (Fsp3) is 0.400. The molecule has 0 aliphatic carbocycles. The zero-order chi connectivity index (χ0) is 24.0. The van der Waals surface area contributed by atoms with Gasteiger partial charge in [-0.05, 0) is 62.5 Å². The summed E-state index contributed by atoms with van der Waals surface area (Å²) in [5.74, 6) is 0. The molecule has 0 aromatic heterocycles. The number of nitrogens with two attached hydrogens (primary N) is 1. The molecule has 1 rings (SSSR count). The fourth-order valence-electron chi connectivity index (χ4n) is 2.72. The molecule has 0 bridgehead atoms. The van der Waals surface area contributed by atoms with Gasteiger partial charge >= 0.3 is 6.09 Å². The third-order valence-electron chi connectivity index (χ3n) is 4.47. The van der Waals surface area contributed by atoms with Crippen LogP contribution in [0.25, 0.3) is 0 Å². The molecule has 0 fully saturated rings. The van der Waals surface area contributed by atoms with Crippen molar-refractivity contribution in [1.29, 1.82) is 0 Å². The molecule has 6 heteroatoms. The zero-order valence-corrected chi connectivity index (χ0v) is 20.3. The Kier molecular flexibility index (Phi) is 13.5. The second kappa shape index (κ2) is 14.9. The van der Waals surface area contributed by atoms with Gasteiger partial charge in [0.05, 0.1) is 5.70 Å². The van der Waals surface area contributed by atoms with Crippen LogP contribution in [0.1, 0.15) is 65.2 Å². The molecule has 0 saturated carbocycles. The van der Waals surface area contributed by atoms with Gasteiger partial charge in [0, 0.05) is 18.4 Å². The van der Waals surface area contributed by atoms with Crippen molar-refractivity contribution in [3.63, 3.8) is 0 Å². The van der Waals surface area contributed by atoms with E-state index in [0.717, 1.165) is 28.0 Å². The van der Waals surface area contributed by atoms with Gasteiger partial charge in [0.25, 0.3) is 0 Å². The molecule has 0 aliphatic heterocycles. The molecule has 0 spiro atoms. The first-order valence-corrected chi connectivity index (χ1v) is 10.7. The molecule has 31 heavy (non-hydrogen) atoms. The van der Waals surface area contributed by atoms with Crippen LogP contribution in [-0.4, -0.2) is 13.1 Å². The Hall–Kier alpha value is -2.99. The lowest BCUT2D eigenvalue weighted by atomic mass is 10.1. The minimum Gasteiger partial charge on any atom is -0.441 e. The normalized spacial score (nSPS) is 13.3. The number of hydrazine groups is 1. The van der Waals surface area contributed by atoms with Gasteiger partial charge in [-0.25, -0.2) is 10.2 Å². The summed E-state index contributed by atoms with van der Waals surface area (Å²) in [6.07, 6.45) is 3.41. The average Bonchev–Trinajstić information content (AvgIpc) is 2.75. The number of amides is 1. The number of rotatable bonds is 9. The molecule has 172 valence electrons. The molecule has 1 atom stereocenters. The Bertz CT molecular complexity index is 823. The monoisotopic (exact) mass is 428 g/mol. The predicted octanol–water partition coefficient (Wildman–Crippen LogP) is 5.52. The highest BCUT2D eigenvalue weighted by atomic mass is 16.6. The topological polar surface area (TPSA) is 88.4 Å². The zero-order valence-electron chi connectivity index (χ0n) is 20.3. The minimum absolute atomic E-state index is 0.357. The molecule has 0 saturated heterocycles. The number of ether oxygens (including phenoxy) is 1. The van der Waals surface area contributed by atoms with Gasteiger partial charge in [-0.1, -0.05) is 57.7 Å². The van der Waals surface area contributed by atoms with E-state index in [0.29, 0.717) is 17.8 Å². The average molecular weight is 429 g/mol. The van der Waals surface area contributed by atoms with Crippen molar-refractivity contribution in [2.24, 2.45) is 5.73 Å². The van der Waals surface area contributed by atoms with Gasteiger partial charge in [0.2, 0.25) is 0 Å². The Labute approximate surface area is 188 Å². The van der Waals surface area contributed by atoms with E-state index in [1.165, 1.54) is 0 Å². The summed E-state index contributed by atoms with van der Waals surface area (Å²) in [6.45, 7) is 17.4. The Balaban J connectivity index is 0.00000436. The smallest absolute Gasteiger partial charge is 0.412 e. The van der Waals surface area contributed by atoms with Crippen LogP contribution in [0.4, 0.5) is 4.79 Å². The van der Waals surface area contributed by atoms with Crippen LogP contribution in [0.15, 0.2) is 71.2 Å². The van der Waals surface area contributed by atoms with Crippen molar-refractivity contribution >= 4 is 6.09 Å². The maximum Gasteiger partial charge on any atom is 0.412 e. The van der Waals surface area contributed by atoms with Gasteiger partial charge in [-0.15, -0.1) is 0 Å². The van der Waals surface area contributed by atoms with E-state index in [1.54, 1.807) is 13.1 Å². The molecule has 1 amide bonds. The van der Waals surface area contributed by atoms with E-state index in [-0.39, 0.29) is 6.10 Å². The van der Waals surface area contributed by atoms with Crippen LogP contribution in [-0.2, 0) is 4.74 Å². The molecule has 1 aromatic rings. The quantitative estimate of drug-likeness (QED) is 0.307. The summed E-state index contributed by atoms with van der Waals surface area (Å²) in [4.78, 5) is 12.5. The van der Waals surface area contributed by atoms with E-state index in [9.17, 15) is 4.79 Å². The largest absolute Gasteiger partial charge is 0.441 e. The van der Waals surface area contributed by atoms with Crippen LogP contribution in [0.2, 0.25) is 0 Å². The molecule has 0 radical (unpaired) electrons. The third-order valence-corrected chi connectivity index (χ3v) is 4.47.